The first-order valence-corrected chi connectivity index (χ1v) is 8.95. The highest BCUT2D eigenvalue weighted by Gasteiger charge is 2.22. The third-order valence-electron chi connectivity index (χ3n) is 3.46. The minimum absolute atomic E-state index is 0.132. The number of rotatable bonds is 6. The third-order valence-corrected chi connectivity index (χ3v) is 4.68. The Morgan fingerprint density at radius 1 is 1.32 bits per heavy atom. The Bertz CT molecular complexity index is 776. The maximum absolute atomic E-state index is 12.4. The van der Waals surface area contributed by atoms with Crippen molar-refractivity contribution in [2.45, 2.75) is 26.8 Å². The summed E-state index contributed by atoms with van der Waals surface area (Å²) in [6.45, 7) is 5.44. The Labute approximate surface area is 155 Å². The minimum Gasteiger partial charge on any atom is -0.495 e. The summed E-state index contributed by atoms with van der Waals surface area (Å²) in [6.07, 6.45) is 0. The van der Waals surface area contributed by atoms with E-state index in [-0.39, 0.29) is 23.8 Å². The number of nitrogens with one attached hydrogen (secondary N) is 2. The SMILES string of the molecule is COc1ccc(NC(=O)c2csc([C@@H](NC(C)=O)C(C)C)n2)cc1Cl. The number of amides is 2. The van der Waals surface area contributed by atoms with Crippen molar-refractivity contribution in [2.75, 3.05) is 12.4 Å². The Morgan fingerprint density at radius 2 is 2.04 bits per heavy atom. The van der Waals surface area contributed by atoms with E-state index in [4.69, 9.17) is 16.3 Å². The van der Waals surface area contributed by atoms with Crippen molar-refractivity contribution in [3.63, 3.8) is 0 Å². The van der Waals surface area contributed by atoms with Crippen molar-refractivity contribution in [1.29, 1.82) is 0 Å². The molecule has 1 atom stereocenters. The molecule has 0 radical (unpaired) electrons. The van der Waals surface area contributed by atoms with Gasteiger partial charge < -0.3 is 15.4 Å². The zero-order valence-corrected chi connectivity index (χ0v) is 16.0. The van der Waals surface area contributed by atoms with E-state index in [9.17, 15) is 9.59 Å². The molecule has 1 heterocycles. The van der Waals surface area contributed by atoms with Gasteiger partial charge in [0.25, 0.3) is 5.91 Å². The summed E-state index contributed by atoms with van der Waals surface area (Å²) in [4.78, 5) is 28.1. The maximum atomic E-state index is 12.4. The lowest BCUT2D eigenvalue weighted by Gasteiger charge is -2.19. The molecule has 0 saturated carbocycles. The molecule has 0 aliphatic carbocycles. The number of hydrogen-bond acceptors (Lipinski definition) is 5. The molecule has 1 aromatic carbocycles. The first-order valence-electron chi connectivity index (χ1n) is 7.69. The number of nitrogens with zero attached hydrogens (tertiary/aromatic N) is 1. The number of halogens is 1. The molecule has 0 spiro atoms. The van der Waals surface area contributed by atoms with Gasteiger partial charge >= 0.3 is 0 Å². The van der Waals surface area contributed by atoms with Crippen LogP contribution in [0.25, 0.3) is 0 Å². The van der Waals surface area contributed by atoms with E-state index in [0.29, 0.717) is 27.2 Å². The van der Waals surface area contributed by atoms with Gasteiger partial charge in [-0.2, -0.15) is 0 Å². The molecule has 25 heavy (non-hydrogen) atoms. The highest BCUT2D eigenvalue weighted by Crippen LogP contribution is 2.28. The zero-order valence-electron chi connectivity index (χ0n) is 14.4. The van der Waals surface area contributed by atoms with Gasteiger partial charge in [0.15, 0.2) is 0 Å². The van der Waals surface area contributed by atoms with Crippen LogP contribution in [0.1, 0.15) is 42.3 Å². The third kappa shape index (κ3) is 4.93. The van der Waals surface area contributed by atoms with Crippen LogP contribution < -0.4 is 15.4 Å². The van der Waals surface area contributed by atoms with Gasteiger partial charge in [0.2, 0.25) is 5.91 Å². The standard InChI is InChI=1S/C17H20ClN3O3S/c1-9(2)15(19-10(3)22)17-21-13(8-25-17)16(23)20-11-5-6-14(24-4)12(18)7-11/h5-9,15H,1-4H3,(H,19,22)(H,20,23)/t15-/m0/s1. The number of thiazole rings is 1. The largest absolute Gasteiger partial charge is 0.495 e. The first-order chi connectivity index (χ1) is 11.8. The summed E-state index contributed by atoms with van der Waals surface area (Å²) in [6, 6.07) is 4.76. The van der Waals surface area contributed by atoms with E-state index >= 15 is 0 Å². The van der Waals surface area contributed by atoms with Gasteiger partial charge in [-0.05, 0) is 24.1 Å². The van der Waals surface area contributed by atoms with Crippen LogP contribution in [-0.4, -0.2) is 23.9 Å². The van der Waals surface area contributed by atoms with Gasteiger partial charge in [-0.25, -0.2) is 4.98 Å². The van der Waals surface area contributed by atoms with Crippen molar-refractivity contribution in [3.05, 3.63) is 39.3 Å². The van der Waals surface area contributed by atoms with Crippen LogP contribution in [0.4, 0.5) is 5.69 Å². The number of hydrogen-bond donors (Lipinski definition) is 2. The second kappa shape index (κ2) is 8.31. The predicted molar refractivity (Wildman–Crippen MR) is 99.5 cm³/mol. The van der Waals surface area contributed by atoms with Crippen LogP contribution in [0.2, 0.25) is 5.02 Å². The normalized spacial score (nSPS) is 11.9. The Kier molecular flexibility index (Phi) is 6.39. The van der Waals surface area contributed by atoms with Crippen molar-refractivity contribution >= 4 is 40.4 Å². The average molecular weight is 382 g/mol. The fraction of sp³-hybridized carbons (Fsp3) is 0.353. The van der Waals surface area contributed by atoms with Crippen LogP contribution in [0, 0.1) is 5.92 Å². The molecular formula is C17H20ClN3O3S. The number of anilines is 1. The monoisotopic (exact) mass is 381 g/mol. The molecule has 2 rings (SSSR count). The first kappa shape index (κ1) is 19.2. The van der Waals surface area contributed by atoms with Crippen LogP contribution in [0.15, 0.2) is 23.6 Å². The molecule has 0 aliphatic heterocycles. The van der Waals surface area contributed by atoms with Crippen molar-refractivity contribution in [1.82, 2.24) is 10.3 Å². The van der Waals surface area contributed by atoms with Crippen LogP contribution in [0.5, 0.6) is 5.75 Å². The van der Waals surface area contributed by atoms with Gasteiger partial charge in [-0.15, -0.1) is 11.3 Å². The van der Waals surface area contributed by atoms with Crippen LogP contribution in [-0.2, 0) is 4.79 Å². The number of carbonyl (C=O) groups excluding carboxylic acids is 2. The molecule has 8 heteroatoms. The van der Waals surface area contributed by atoms with Gasteiger partial charge in [0, 0.05) is 18.0 Å². The van der Waals surface area contributed by atoms with Gasteiger partial charge in [0.05, 0.1) is 18.2 Å². The molecule has 0 saturated heterocycles. The molecule has 1 aromatic heterocycles. The second-order valence-corrected chi connectivity index (χ2v) is 7.09. The molecule has 2 aromatic rings. The molecule has 2 N–H and O–H groups in total. The lowest BCUT2D eigenvalue weighted by atomic mass is 10.1. The molecule has 0 unspecified atom stereocenters. The lowest BCUT2D eigenvalue weighted by molar-refractivity contribution is -0.120. The highest BCUT2D eigenvalue weighted by molar-refractivity contribution is 7.10. The highest BCUT2D eigenvalue weighted by atomic mass is 35.5. The van der Waals surface area contributed by atoms with E-state index < -0.39 is 0 Å². The molecule has 2 amide bonds. The fourth-order valence-corrected chi connectivity index (χ4v) is 3.49. The molecular weight excluding hydrogens is 362 g/mol. The van der Waals surface area contributed by atoms with Gasteiger partial charge in [0.1, 0.15) is 16.5 Å². The van der Waals surface area contributed by atoms with E-state index in [2.05, 4.69) is 15.6 Å². The number of methoxy groups -OCH3 is 1. The number of aromatic nitrogens is 1. The molecule has 6 nitrogen and oxygen atoms in total. The average Bonchev–Trinajstić information content (AvgIpc) is 3.02. The second-order valence-electron chi connectivity index (χ2n) is 5.80. The van der Waals surface area contributed by atoms with Gasteiger partial charge in [-0.1, -0.05) is 25.4 Å². The topological polar surface area (TPSA) is 80.3 Å². The number of benzene rings is 1. The van der Waals surface area contributed by atoms with E-state index in [0.717, 1.165) is 0 Å². The van der Waals surface area contributed by atoms with Crippen LogP contribution in [0.3, 0.4) is 0 Å². The van der Waals surface area contributed by atoms with Gasteiger partial charge in [-0.3, -0.25) is 9.59 Å². The Balaban J connectivity index is 2.14. The summed E-state index contributed by atoms with van der Waals surface area (Å²) in [5, 5.41) is 8.39. The maximum Gasteiger partial charge on any atom is 0.275 e. The minimum atomic E-state index is -0.339. The van der Waals surface area contributed by atoms with E-state index in [1.54, 1.807) is 23.6 Å². The number of carbonyl (C=O) groups is 2. The van der Waals surface area contributed by atoms with Crippen molar-refractivity contribution < 1.29 is 14.3 Å². The summed E-state index contributed by atoms with van der Waals surface area (Å²) in [7, 11) is 1.52. The molecule has 0 aliphatic rings. The Morgan fingerprint density at radius 3 is 2.60 bits per heavy atom. The summed E-state index contributed by atoms with van der Waals surface area (Å²) in [5.74, 6) is 0.221. The quantitative estimate of drug-likeness (QED) is 0.795. The van der Waals surface area contributed by atoms with Crippen molar-refractivity contribution in [3.8, 4) is 5.75 Å². The van der Waals surface area contributed by atoms with Crippen LogP contribution >= 0.6 is 22.9 Å². The summed E-state index contributed by atoms with van der Waals surface area (Å²) in [5.41, 5.74) is 0.843. The Hall–Kier alpha value is -2.12. The molecule has 0 bridgehead atoms. The van der Waals surface area contributed by atoms with E-state index in [1.165, 1.54) is 25.4 Å². The van der Waals surface area contributed by atoms with E-state index in [1.807, 2.05) is 13.8 Å². The predicted octanol–water partition coefficient (Wildman–Crippen LogP) is 3.89. The zero-order chi connectivity index (χ0) is 18.6. The molecule has 134 valence electrons. The summed E-state index contributed by atoms with van der Waals surface area (Å²) < 4.78 is 5.08. The van der Waals surface area contributed by atoms with Crippen molar-refractivity contribution in [2.24, 2.45) is 5.92 Å². The lowest BCUT2D eigenvalue weighted by Crippen LogP contribution is -2.29. The smallest absolute Gasteiger partial charge is 0.275 e. The fourth-order valence-electron chi connectivity index (χ4n) is 2.21. The summed E-state index contributed by atoms with van der Waals surface area (Å²) >= 11 is 7.40. The molecule has 0 fully saturated rings. The number of ether oxygens (including phenoxy) is 1.